The van der Waals surface area contributed by atoms with Gasteiger partial charge in [0.05, 0.1) is 25.5 Å². The Labute approximate surface area is 163 Å². The van der Waals surface area contributed by atoms with E-state index in [1.54, 1.807) is 37.8 Å². The van der Waals surface area contributed by atoms with Gasteiger partial charge >= 0.3 is 6.03 Å². The molecular weight excluding hydrogens is 356 g/mol. The molecule has 2 amide bonds. The summed E-state index contributed by atoms with van der Waals surface area (Å²) in [6.07, 6.45) is 7.37. The number of carbonyl (C=O) groups excluding carboxylic acids is 1. The Kier molecular flexibility index (Phi) is 5.18. The second-order valence-corrected chi connectivity index (χ2v) is 6.62. The molecule has 0 aliphatic heterocycles. The molecule has 3 aromatic rings. The van der Waals surface area contributed by atoms with Gasteiger partial charge in [-0.3, -0.25) is 14.6 Å². The number of hydrogen-bond donors (Lipinski definition) is 2. The molecule has 0 bridgehead atoms. The summed E-state index contributed by atoms with van der Waals surface area (Å²) in [5.74, 6) is 1.16. The van der Waals surface area contributed by atoms with Crippen LogP contribution in [0.15, 0.2) is 48.9 Å². The average molecular weight is 378 g/mol. The van der Waals surface area contributed by atoms with E-state index in [2.05, 4.69) is 31.8 Å². The lowest BCUT2D eigenvalue weighted by Crippen LogP contribution is -2.32. The Morgan fingerprint density at radius 1 is 1.25 bits per heavy atom. The maximum atomic E-state index is 12.2. The molecule has 0 radical (unpaired) electrons. The fraction of sp³-hybridized carbons (Fsp3) is 0.300. The number of nitrogens with zero attached hydrogens (tertiary/aromatic N) is 4. The van der Waals surface area contributed by atoms with E-state index >= 15 is 0 Å². The minimum Gasteiger partial charge on any atom is -0.495 e. The van der Waals surface area contributed by atoms with Gasteiger partial charge in [-0.15, -0.1) is 0 Å². The molecule has 2 heterocycles. The number of ether oxygens (including phenoxy) is 1. The first-order chi connectivity index (χ1) is 13.7. The number of benzene rings is 1. The van der Waals surface area contributed by atoms with Crippen LogP contribution in [0.3, 0.4) is 0 Å². The van der Waals surface area contributed by atoms with E-state index in [-0.39, 0.29) is 6.03 Å². The van der Waals surface area contributed by atoms with Gasteiger partial charge in [-0.2, -0.15) is 5.10 Å². The highest BCUT2D eigenvalue weighted by Gasteiger charge is 2.28. The Morgan fingerprint density at radius 2 is 2.11 bits per heavy atom. The zero-order chi connectivity index (χ0) is 19.3. The van der Waals surface area contributed by atoms with E-state index in [1.165, 1.54) is 18.5 Å². The number of anilines is 1. The summed E-state index contributed by atoms with van der Waals surface area (Å²) in [7, 11) is 1.57. The Balaban J connectivity index is 1.38. The van der Waals surface area contributed by atoms with Crippen molar-refractivity contribution in [1.29, 1.82) is 0 Å². The summed E-state index contributed by atoms with van der Waals surface area (Å²) < 4.78 is 7.21. The molecule has 8 nitrogen and oxygen atoms in total. The van der Waals surface area contributed by atoms with Gasteiger partial charge in [0.15, 0.2) is 0 Å². The first-order valence-electron chi connectivity index (χ1n) is 9.26. The van der Waals surface area contributed by atoms with Crippen molar-refractivity contribution < 1.29 is 9.53 Å². The molecule has 2 aromatic heterocycles. The molecule has 0 atom stereocenters. The third kappa shape index (κ3) is 4.11. The zero-order valence-electron chi connectivity index (χ0n) is 15.6. The third-order valence-electron chi connectivity index (χ3n) is 4.60. The summed E-state index contributed by atoms with van der Waals surface area (Å²) in [5, 5.41) is 10.4. The van der Waals surface area contributed by atoms with Gasteiger partial charge < -0.3 is 15.4 Å². The highest BCUT2D eigenvalue weighted by molar-refractivity contribution is 5.90. The van der Waals surface area contributed by atoms with E-state index < -0.39 is 0 Å². The topological polar surface area (TPSA) is 94.0 Å². The molecule has 8 heteroatoms. The predicted molar refractivity (Wildman–Crippen MR) is 105 cm³/mol. The average Bonchev–Trinajstić information content (AvgIpc) is 3.49. The van der Waals surface area contributed by atoms with Crippen molar-refractivity contribution in [2.24, 2.45) is 0 Å². The minimum atomic E-state index is -0.279. The third-order valence-corrected chi connectivity index (χ3v) is 4.60. The fourth-order valence-corrected chi connectivity index (χ4v) is 3.06. The van der Waals surface area contributed by atoms with Crippen molar-refractivity contribution in [3.63, 3.8) is 0 Å². The van der Waals surface area contributed by atoms with E-state index in [9.17, 15) is 4.79 Å². The van der Waals surface area contributed by atoms with Crippen molar-refractivity contribution >= 4 is 11.7 Å². The van der Waals surface area contributed by atoms with Gasteiger partial charge in [0, 0.05) is 30.6 Å². The number of para-hydroxylation sites is 2. The van der Waals surface area contributed by atoms with Gasteiger partial charge in [-0.25, -0.2) is 4.79 Å². The second-order valence-electron chi connectivity index (χ2n) is 6.62. The van der Waals surface area contributed by atoms with E-state index in [4.69, 9.17) is 4.74 Å². The number of nitrogens with one attached hydrogen (secondary N) is 2. The molecule has 1 aliphatic rings. The van der Waals surface area contributed by atoms with Crippen molar-refractivity contribution in [2.45, 2.75) is 25.3 Å². The molecule has 2 N–H and O–H groups in total. The van der Waals surface area contributed by atoms with Crippen LogP contribution in [-0.4, -0.2) is 39.4 Å². The van der Waals surface area contributed by atoms with E-state index in [1.807, 2.05) is 16.8 Å². The maximum Gasteiger partial charge on any atom is 0.319 e. The summed E-state index contributed by atoms with van der Waals surface area (Å²) in [6.45, 7) is 1.05. The molecule has 1 saturated carbocycles. The standard InChI is InChI=1S/C20H22N6O2/c1-28-19-5-3-2-4-15(19)24-20(27)23-10-11-26-18(14-6-7-14)12-16(25-26)17-13-21-8-9-22-17/h2-5,8-9,12-14H,6-7,10-11H2,1H3,(H2,23,24,27). The molecular formula is C20H22N6O2. The van der Waals surface area contributed by atoms with Crippen LogP contribution in [0.4, 0.5) is 10.5 Å². The van der Waals surface area contributed by atoms with Gasteiger partial charge in [-0.05, 0) is 31.0 Å². The molecule has 0 spiro atoms. The number of urea groups is 1. The lowest BCUT2D eigenvalue weighted by Gasteiger charge is -2.11. The van der Waals surface area contributed by atoms with Gasteiger partial charge in [0.25, 0.3) is 0 Å². The highest BCUT2D eigenvalue weighted by Crippen LogP contribution is 2.41. The summed E-state index contributed by atoms with van der Waals surface area (Å²) in [5.41, 5.74) is 3.39. The summed E-state index contributed by atoms with van der Waals surface area (Å²) in [6, 6.07) is 9.10. The molecule has 1 aliphatic carbocycles. The molecule has 28 heavy (non-hydrogen) atoms. The van der Waals surface area contributed by atoms with Crippen LogP contribution in [-0.2, 0) is 6.54 Å². The lowest BCUT2D eigenvalue weighted by atomic mass is 10.2. The molecule has 0 saturated heterocycles. The van der Waals surface area contributed by atoms with Crippen molar-refractivity contribution in [3.8, 4) is 17.1 Å². The second kappa shape index (κ2) is 8.08. The number of aromatic nitrogens is 4. The Hall–Kier alpha value is -3.42. The molecule has 1 fully saturated rings. The summed E-state index contributed by atoms with van der Waals surface area (Å²) in [4.78, 5) is 20.6. The Bertz CT molecular complexity index is 952. The van der Waals surface area contributed by atoms with Crippen molar-refractivity contribution in [3.05, 3.63) is 54.6 Å². The maximum absolute atomic E-state index is 12.2. The fourth-order valence-electron chi connectivity index (χ4n) is 3.06. The van der Waals surface area contributed by atoms with Crippen molar-refractivity contribution in [1.82, 2.24) is 25.1 Å². The van der Waals surface area contributed by atoms with Crippen LogP contribution < -0.4 is 15.4 Å². The van der Waals surface area contributed by atoms with Gasteiger partial charge in [0.1, 0.15) is 17.1 Å². The van der Waals surface area contributed by atoms with E-state index in [0.29, 0.717) is 30.4 Å². The predicted octanol–water partition coefficient (Wildman–Crippen LogP) is 3.05. The SMILES string of the molecule is COc1ccccc1NC(=O)NCCn1nc(-c2cnccn2)cc1C1CC1. The quantitative estimate of drug-likeness (QED) is 0.659. The van der Waals surface area contributed by atoms with Gasteiger partial charge in [0.2, 0.25) is 0 Å². The molecule has 0 unspecified atom stereocenters. The number of amides is 2. The highest BCUT2D eigenvalue weighted by atomic mass is 16.5. The number of carbonyl (C=O) groups is 1. The van der Waals surface area contributed by atoms with Crippen LogP contribution in [0.5, 0.6) is 5.75 Å². The number of rotatable bonds is 7. The van der Waals surface area contributed by atoms with Gasteiger partial charge in [-0.1, -0.05) is 12.1 Å². The monoisotopic (exact) mass is 378 g/mol. The van der Waals surface area contributed by atoms with Crippen molar-refractivity contribution in [2.75, 3.05) is 19.0 Å². The molecule has 1 aromatic carbocycles. The van der Waals surface area contributed by atoms with Crippen LogP contribution in [0.2, 0.25) is 0 Å². The van der Waals surface area contributed by atoms with Crippen LogP contribution in [0.25, 0.3) is 11.4 Å². The Morgan fingerprint density at radius 3 is 2.86 bits per heavy atom. The largest absolute Gasteiger partial charge is 0.495 e. The molecule has 4 rings (SSSR count). The zero-order valence-corrected chi connectivity index (χ0v) is 15.6. The van der Waals surface area contributed by atoms with Crippen LogP contribution in [0, 0.1) is 0 Å². The number of hydrogen-bond acceptors (Lipinski definition) is 5. The molecule has 144 valence electrons. The summed E-state index contributed by atoms with van der Waals surface area (Å²) >= 11 is 0. The van der Waals surface area contributed by atoms with E-state index in [0.717, 1.165) is 11.4 Å². The minimum absolute atomic E-state index is 0.279. The first-order valence-corrected chi connectivity index (χ1v) is 9.26. The van der Waals surface area contributed by atoms with Crippen LogP contribution >= 0.6 is 0 Å². The first kappa shape index (κ1) is 18.0. The normalized spacial score (nSPS) is 13.2. The van der Waals surface area contributed by atoms with Crippen LogP contribution in [0.1, 0.15) is 24.5 Å². The smallest absolute Gasteiger partial charge is 0.319 e. The number of methoxy groups -OCH3 is 1. The lowest BCUT2D eigenvalue weighted by molar-refractivity contribution is 0.251.